The van der Waals surface area contributed by atoms with Crippen LogP contribution in [0.25, 0.3) is 83.8 Å². The molecule has 0 saturated heterocycles. The van der Waals surface area contributed by atoms with Crippen LogP contribution in [0.3, 0.4) is 0 Å². The number of hydrogen-bond donors (Lipinski definition) is 0. The van der Waals surface area contributed by atoms with E-state index in [1.165, 1.54) is 10.8 Å². The highest BCUT2D eigenvalue weighted by molar-refractivity contribution is 6.08. The van der Waals surface area contributed by atoms with Crippen molar-refractivity contribution in [1.82, 2.24) is 19.6 Å². The van der Waals surface area contributed by atoms with Gasteiger partial charge in [0.15, 0.2) is 5.82 Å². The molecule has 0 aliphatic carbocycles. The van der Waals surface area contributed by atoms with E-state index in [0.29, 0.717) is 5.82 Å². The molecule has 49 heavy (non-hydrogen) atoms. The summed E-state index contributed by atoms with van der Waals surface area (Å²) in [5.41, 5.74) is 12.3. The Morgan fingerprint density at radius 2 is 0.878 bits per heavy atom. The zero-order chi connectivity index (χ0) is 32.6. The van der Waals surface area contributed by atoms with Crippen LogP contribution in [0.15, 0.2) is 182 Å². The van der Waals surface area contributed by atoms with Gasteiger partial charge in [-0.15, -0.1) is 0 Å². The van der Waals surface area contributed by atoms with Crippen LogP contribution in [0, 0.1) is 0 Å². The Morgan fingerprint density at radius 1 is 0.388 bits per heavy atom. The van der Waals surface area contributed by atoms with Crippen LogP contribution in [0.5, 0.6) is 0 Å². The Balaban J connectivity index is 1.23. The van der Waals surface area contributed by atoms with Gasteiger partial charge in [-0.3, -0.25) is 0 Å². The molecule has 4 heteroatoms. The predicted octanol–water partition coefficient (Wildman–Crippen LogP) is 11.3. The topological polar surface area (TPSA) is 43.1 Å². The molecule has 9 rings (SSSR count). The summed E-state index contributed by atoms with van der Waals surface area (Å²) in [6.07, 6.45) is 0. The normalized spacial score (nSPS) is 11.3. The summed E-state index contributed by atoms with van der Waals surface area (Å²) in [5.74, 6) is 0.704. The summed E-state index contributed by atoms with van der Waals surface area (Å²) in [4.78, 5) is 10.0. The van der Waals surface area contributed by atoms with Crippen LogP contribution in [0.4, 0.5) is 0 Å². The minimum absolute atomic E-state index is 0.704. The number of fused-ring (bicyclic) bond motifs is 3. The monoisotopic (exact) mass is 626 g/mol. The van der Waals surface area contributed by atoms with Crippen LogP contribution in [0.2, 0.25) is 0 Å². The maximum Gasteiger partial charge on any atom is 0.160 e. The number of rotatable bonds is 6. The molecule has 9 aromatic rings. The quantitative estimate of drug-likeness (QED) is 0.184. The number of nitrogens with zero attached hydrogens (tertiary/aromatic N) is 4. The molecule has 0 fully saturated rings. The first-order valence-corrected chi connectivity index (χ1v) is 16.5. The number of benzene rings is 6. The van der Waals surface area contributed by atoms with Gasteiger partial charge in [-0.2, -0.15) is 5.10 Å². The van der Waals surface area contributed by atoms with Crippen molar-refractivity contribution in [3.05, 3.63) is 182 Å². The van der Waals surface area contributed by atoms with Gasteiger partial charge >= 0.3 is 0 Å². The van der Waals surface area contributed by atoms with Gasteiger partial charge < -0.3 is 0 Å². The molecule has 0 atom stereocenters. The molecule has 0 aliphatic heterocycles. The fraction of sp³-hybridized carbons (Fsp3) is 0. The van der Waals surface area contributed by atoms with Crippen molar-refractivity contribution < 1.29 is 0 Å². The van der Waals surface area contributed by atoms with Crippen molar-refractivity contribution in [2.45, 2.75) is 0 Å². The van der Waals surface area contributed by atoms with Gasteiger partial charge in [0, 0.05) is 38.8 Å². The summed E-state index contributed by atoms with van der Waals surface area (Å²) in [6, 6.07) is 63.1. The van der Waals surface area contributed by atoms with Gasteiger partial charge in [-0.1, -0.05) is 170 Å². The van der Waals surface area contributed by atoms with Gasteiger partial charge in [-0.25, -0.2) is 14.5 Å². The first-order chi connectivity index (χ1) is 24.3. The van der Waals surface area contributed by atoms with Crippen molar-refractivity contribution in [2.75, 3.05) is 0 Å². The minimum Gasteiger partial charge on any atom is -0.231 e. The van der Waals surface area contributed by atoms with Gasteiger partial charge in [0.2, 0.25) is 0 Å². The second-order valence-electron chi connectivity index (χ2n) is 12.1. The van der Waals surface area contributed by atoms with E-state index in [4.69, 9.17) is 15.1 Å². The molecular weight excluding hydrogens is 597 g/mol. The Morgan fingerprint density at radius 3 is 1.51 bits per heavy atom. The molecule has 0 saturated carbocycles. The molecule has 6 aromatic carbocycles. The van der Waals surface area contributed by atoms with Gasteiger partial charge in [0.1, 0.15) is 5.69 Å². The van der Waals surface area contributed by atoms with Crippen LogP contribution in [0.1, 0.15) is 0 Å². The maximum absolute atomic E-state index is 5.35. The molecule has 0 amide bonds. The van der Waals surface area contributed by atoms with Crippen molar-refractivity contribution in [3.8, 4) is 67.5 Å². The van der Waals surface area contributed by atoms with Gasteiger partial charge in [0.05, 0.1) is 22.6 Å². The Kier molecular flexibility index (Phi) is 7.10. The third kappa shape index (κ3) is 5.26. The lowest BCUT2D eigenvalue weighted by atomic mass is 9.97. The zero-order valence-electron chi connectivity index (χ0n) is 26.6. The Hall–Kier alpha value is -6.65. The van der Waals surface area contributed by atoms with Crippen LogP contribution in [-0.2, 0) is 0 Å². The molecule has 0 radical (unpaired) electrons. The number of hydrogen-bond acceptors (Lipinski definition) is 3. The second-order valence-corrected chi connectivity index (χ2v) is 12.1. The van der Waals surface area contributed by atoms with E-state index < -0.39 is 0 Å². The zero-order valence-corrected chi connectivity index (χ0v) is 26.6. The standard InChI is InChI=1S/C45H30N4/c1-5-15-31(16-6-1)39-30-40(47-45(46-39)36-21-11-4-12-22-36)32-25-27-33(28-26-32)41-29-37-23-13-14-24-38(37)44-42(34-17-7-2-8-18-34)43(48-49(41)44)35-19-9-3-10-20-35/h1-30H. The molecule has 0 spiro atoms. The van der Waals surface area contributed by atoms with Gasteiger partial charge in [-0.05, 0) is 23.1 Å². The van der Waals surface area contributed by atoms with E-state index in [0.717, 1.165) is 67.2 Å². The molecule has 0 unspecified atom stereocenters. The lowest BCUT2D eigenvalue weighted by molar-refractivity contribution is 0.979. The summed E-state index contributed by atoms with van der Waals surface area (Å²) >= 11 is 0. The second kappa shape index (κ2) is 12.2. The number of aromatic nitrogens is 4. The summed E-state index contributed by atoms with van der Waals surface area (Å²) in [5, 5.41) is 7.69. The maximum atomic E-state index is 5.35. The lowest BCUT2D eigenvalue weighted by Gasteiger charge is -2.12. The fourth-order valence-electron chi connectivity index (χ4n) is 6.65. The van der Waals surface area contributed by atoms with Crippen molar-refractivity contribution >= 4 is 16.3 Å². The molecule has 3 aromatic heterocycles. The van der Waals surface area contributed by atoms with E-state index in [1.807, 2.05) is 42.5 Å². The summed E-state index contributed by atoms with van der Waals surface area (Å²) in [7, 11) is 0. The SMILES string of the molecule is c1ccc(-c2cc(-c3ccc(-c4cc5ccccc5c5c(-c6ccccc6)c(-c6ccccc6)nn45)cc3)nc(-c3ccccc3)n2)cc1. The molecule has 0 bridgehead atoms. The predicted molar refractivity (Wildman–Crippen MR) is 201 cm³/mol. The van der Waals surface area contributed by atoms with Crippen molar-refractivity contribution in [2.24, 2.45) is 0 Å². The average molecular weight is 627 g/mol. The highest BCUT2D eigenvalue weighted by Gasteiger charge is 2.21. The van der Waals surface area contributed by atoms with E-state index in [-0.39, 0.29) is 0 Å². The molecule has 3 heterocycles. The molecule has 0 N–H and O–H groups in total. The first-order valence-electron chi connectivity index (χ1n) is 16.5. The highest BCUT2D eigenvalue weighted by atomic mass is 15.2. The first kappa shape index (κ1) is 28.6. The lowest BCUT2D eigenvalue weighted by Crippen LogP contribution is -1.97. The minimum atomic E-state index is 0.704. The smallest absolute Gasteiger partial charge is 0.160 e. The van der Waals surface area contributed by atoms with E-state index in [9.17, 15) is 0 Å². The molecular formula is C45H30N4. The highest BCUT2D eigenvalue weighted by Crippen LogP contribution is 2.41. The van der Waals surface area contributed by atoms with E-state index in [2.05, 4.69) is 144 Å². The average Bonchev–Trinajstić information content (AvgIpc) is 3.60. The van der Waals surface area contributed by atoms with Crippen LogP contribution < -0.4 is 0 Å². The molecule has 0 aliphatic rings. The third-order valence-corrected chi connectivity index (χ3v) is 9.04. The van der Waals surface area contributed by atoms with Crippen LogP contribution >= 0.6 is 0 Å². The fourth-order valence-corrected chi connectivity index (χ4v) is 6.65. The van der Waals surface area contributed by atoms with Crippen LogP contribution in [-0.4, -0.2) is 19.6 Å². The van der Waals surface area contributed by atoms with Gasteiger partial charge in [0.25, 0.3) is 0 Å². The summed E-state index contributed by atoms with van der Waals surface area (Å²) < 4.78 is 2.13. The number of pyridine rings is 1. The Bertz CT molecular complexity index is 2500. The largest absolute Gasteiger partial charge is 0.231 e. The Labute approximate surface area is 284 Å². The molecule has 4 nitrogen and oxygen atoms in total. The third-order valence-electron chi connectivity index (χ3n) is 9.04. The summed E-state index contributed by atoms with van der Waals surface area (Å²) in [6.45, 7) is 0. The van der Waals surface area contributed by atoms with E-state index in [1.54, 1.807) is 0 Å². The molecule has 230 valence electrons. The van der Waals surface area contributed by atoms with E-state index >= 15 is 0 Å². The van der Waals surface area contributed by atoms with Crippen molar-refractivity contribution in [1.29, 1.82) is 0 Å². The van der Waals surface area contributed by atoms with Crippen molar-refractivity contribution in [3.63, 3.8) is 0 Å².